The minimum absolute atomic E-state index is 0.443. The summed E-state index contributed by atoms with van der Waals surface area (Å²) in [4.78, 5) is 2.35. The third-order valence-electron chi connectivity index (χ3n) is 4.49. The number of piperazine rings is 1. The summed E-state index contributed by atoms with van der Waals surface area (Å²) in [5.74, 6) is 0.893. The maximum atomic E-state index is 12.5. The van der Waals surface area contributed by atoms with Crippen molar-refractivity contribution in [1.82, 2.24) is 9.21 Å². The quantitative estimate of drug-likeness (QED) is 0.741. The van der Waals surface area contributed by atoms with Gasteiger partial charge in [0, 0.05) is 26.2 Å². The number of nitrogens with zero attached hydrogens (tertiary/aromatic N) is 2. The molecular weight excluding hydrogens is 356 g/mol. The molecule has 0 N–H and O–H groups in total. The monoisotopic (exact) mass is 380 g/mol. The Balaban J connectivity index is 1.45. The van der Waals surface area contributed by atoms with Crippen LogP contribution in [0.1, 0.15) is 12.0 Å². The normalized spacial score (nSPS) is 16.8. The highest BCUT2D eigenvalue weighted by Crippen LogP contribution is 2.22. The van der Waals surface area contributed by atoms with Gasteiger partial charge in [0.05, 0.1) is 7.11 Å². The molecule has 5 nitrogen and oxygen atoms in total. The topological polar surface area (TPSA) is 49.9 Å². The zero-order valence-electron chi connectivity index (χ0n) is 14.4. The molecular formula is C18H24N2O3S2. The van der Waals surface area contributed by atoms with Crippen LogP contribution in [0, 0.1) is 0 Å². The number of hydrogen-bond donors (Lipinski definition) is 0. The van der Waals surface area contributed by atoms with Gasteiger partial charge >= 0.3 is 0 Å². The molecule has 1 aromatic heterocycles. The van der Waals surface area contributed by atoms with Gasteiger partial charge < -0.3 is 9.64 Å². The predicted octanol–water partition coefficient (Wildman–Crippen LogP) is 2.70. The lowest BCUT2D eigenvalue weighted by atomic mass is 10.1. The first-order chi connectivity index (χ1) is 12.1. The number of sulfonamides is 1. The Bertz CT molecular complexity index is 767. The molecule has 0 radical (unpaired) electrons. The summed E-state index contributed by atoms with van der Waals surface area (Å²) in [6.07, 6.45) is 2.07. The lowest BCUT2D eigenvalue weighted by Gasteiger charge is -2.33. The first-order valence-corrected chi connectivity index (χ1v) is 10.8. The van der Waals surface area contributed by atoms with Gasteiger partial charge in [0.2, 0.25) is 0 Å². The van der Waals surface area contributed by atoms with E-state index < -0.39 is 10.0 Å². The minimum atomic E-state index is -3.30. The fourth-order valence-electron chi connectivity index (χ4n) is 3.07. The maximum Gasteiger partial charge on any atom is 0.252 e. The van der Waals surface area contributed by atoms with Crippen LogP contribution >= 0.6 is 11.3 Å². The zero-order valence-corrected chi connectivity index (χ0v) is 16.1. The van der Waals surface area contributed by atoms with Gasteiger partial charge in [-0.1, -0.05) is 18.2 Å². The van der Waals surface area contributed by atoms with Crippen molar-refractivity contribution in [2.45, 2.75) is 17.1 Å². The number of aryl methyl sites for hydroxylation is 1. The molecule has 7 heteroatoms. The van der Waals surface area contributed by atoms with Crippen LogP contribution in [-0.4, -0.2) is 57.5 Å². The van der Waals surface area contributed by atoms with Crippen molar-refractivity contribution in [2.24, 2.45) is 0 Å². The van der Waals surface area contributed by atoms with E-state index in [4.69, 9.17) is 4.74 Å². The van der Waals surface area contributed by atoms with E-state index in [0.29, 0.717) is 17.3 Å². The fraction of sp³-hybridized carbons (Fsp3) is 0.444. The summed E-state index contributed by atoms with van der Waals surface area (Å²) in [6.45, 7) is 3.72. The summed E-state index contributed by atoms with van der Waals surface area (Å²) in [5.41, 5.74) is 1.28. The molecule has 1 aliphatic heterocycles. The standard InChI is InChI=1S/C18H24N2O3S2/c1-23-17-7-2-5-16(15-17)6-3-9-19-10-12-20(13-11-19)25(21,22)18-8-4-14-24-18/h2,4-5,7-8,14-15H,3,6,9-13H2,1H3. The van der Waals surface area contributed by atoms with Crippen LogP contribution < -0.4 is 4.74 Å². The van der Waals surface area contributed by atoms with Gasteiger partial charge in [-0.15, -0.1) is 11.3 Å². The first kappa shape index (κ1) is 18.4. The van der Waals surface area contributed by atoms with Gasteiger partial charge in [-0.05, 0) is 48.5 Å². The van der Waals surface area contributed by atoms with E-state index in [1.54, 1.807) is 23.5 Å². The second-order valence-electron chi connectivity index (χ2n) is 6.13. The molecule has 1 aromatic carbocycles. The largest absolute Gasteiger partial charge is 0.497 e. The molecule has 1 aliphatic rings. The molecule has 0 unspecified atom stereocenters. The summed E-state index contributed by atoms with van der Waals surface area (Å²) in [5, 5.41) is 1.81. The van der Waals surface area contributed by atoms with Gasteiger partial charge in [0.15, 0.2) is 0 Å². The van der Waals surface area contributed by atoms with E-state index in [1.165, 1.54) is 16.9 Å². The molecule has 0 saturated carbocycles. The Morgan fingerprint density at radius 3 is 2.60 bits per heavy atom. The molecule has 2 heterocycles. The van der Waals surface area contributed by atoms with E-state index in [9.17, 15) is 8.42 Å². The van der Waals surface area contributed by atoms with Crippen molar-refractivity contribution in [3.63, 3.8) is 0 Å². The van der Waals surface area contributed by atoms with Gasteiger partial charge in [0.1, 0.15) is 9.96 Å². The molecule has 3 rings (SSSR count). The SMILES string of the molecule is COc1cccc(CCCN2CCN(S(=O)(=O)c3cccs3)CC2)c1. The molecule has 0 atom stereocenters. The van der Waals surface area contributed by atoms with Crippen molar-refractivity contribution in [2.75, 3.05) is 39.8 Å². The zero-order chi connectivity index (χ0) is 17.7. The first-order valence-electron chi connectivity index (χ1n) is 8.48. The van der Waals surface area contributed by atoms with Crippen molar-refractivity contribution in [3.8, 4) is 5.75 Å². The number of benzene rings is 1. The van der Waals surface area contributed by atoms with E-state index in [1.807, 2.05) is 17.5 Å². The van der Waals surface area contributed by atoms with Gasteiger partial charge in [-0.2, -0.15) is 4.31 Å². The predicted molar refractivity (Wildman–Crippen MR) is 101 cm³/mol. The number of hydrogen-bond acceptors (Lipinski definition) is 5. The van der Waals surface area contributed by atoms with Crippen LogP contribution in [0.15, 0.2) is 46.0 Å². The number of ether oxygens (including phenoxy) is 1. The number of rotatable bonds is 7. The third kappa shape index (κ3) is 4.61. The highest BCUT2D eigenvalue weighted by molar-refractivity contribution is 7.91. The Morgan fingerprint density at radius 2 is 1.92 bits per heavy atom. The molecule has 0 bridgehead atoms. The molecule has 1 saturated heterocycles. The summed E-state index contributed by atoms with van der Waals surface area (Å²) >= 11 is 1.29. The molecule has 136 valence electrons. The van der Waals surface area contributed by atoms with Crippen LogP contribution in [0.3, 0.4) is 0 Å². The lowest BCUT2D eigenvalue weighted by Crippen LogP contribution is -2.48. The van der Waals surface area contributed by atoms with Crippen molar-refractivity contribution >= 4 is 21.4 Å². The van der Waals surface area contributed by atoms with Crippen LogP contribution in [-0.2, 0) is 16.4 Å². The molecule has 1 fully saturated rings. The van der Waals surface area contributed by atoms with Gasteiger partial charge in [-0.25, -0.2) is 8.42 Å². The molecule has 25 heavy (non-hydrogen) atoms. The van der Waals surface area contributed by atoms with Gasteiger partial charge in [-0.3, -0.25) is 0 Å². The molecule has 0 amide bonds. The Labute approximate surface area is 153 Å². The van der Waals surface area contributed by atoms with E-state index >= 15 is 0 Å². The van der Waals surface area contributed by atoms with E-state index in [0.717, 1.165) is 38.2 Å². The summed E-state index contributed by atoms with van der Waals surface area (Å²) in [6, 6.07) is 11.6. The van der Waals surface area contributed by atoms with Crippen LogP contribution in [0.25, 0.3) is 0 Å². The lowest BCUT2D eigenvalue weighted by molar-refractivity contribution is 0.187. The summed E-state index contributed by atoms with van der Waals surface area (Å²) < 4.78 is 32.3. The van der Waals surface area contributed by atoms with Gasteiger partial charge in [0.25, 0.3) is 10.0 Å². The number of methoxy groups -OCH3 is 1. The molecule has 0 spiro atoms. The number of thiophene rings is 1. The summed E-state index contributed by atoms with van der Waals surface area (Å²) in [7, 11) is -1.62. The average molecular weight is 381 g/mol. The average Bonchev–Trinajstić information content (AvgIpc) is 3.18. The Morgan fingerprint density at radius 1 is 1.12 bits per heavy atom. The highest BCUT2D eigenvalue weighted by atomic mass is 32.2. The fourth-order valence-corrected chi connectivity index (χ4v) is 5.63. The second-order valence-corrected chi connectivity index (χ2v) is 9.25. The molecule has 2 aromatic rings. The van der Waals surface area contributed by atoms with Crippen LogP contribution in [0.2, 0.25) is 0 Å². The highest BCUT2D eigenvalue weighted by Gasteiger charge is 2.28. The van der Waals surface area contributed by atoms with E-state index in [2.05, 4.69) is 17.0 Å². The smallest absolute Gasteiger partial charge is 0.252 e. The molecule has 0 aliphatic carbocycles. The second kappa shape index (κ2) is 8.31. The maximum absolute atomic E-state index is 12.5. The van der Waals surface area contributed by atoms with Crippen molar-refractivity contribution in [1.29, 1.82) is 0 Å². The van der Waals surface area contributed by atoms with Crippen LogP contribution in [0.5, 0.6) is 5.75 Å². The minimum Gasteiger partial charge on any atom is -0.497 e. The Hall–Kier alpha value is -1.41. The van der Waals surface area contributed by atoms with Crippen molar-refractivity contribution < 1.29 is 13.2 Å². The van der Waals surface area contributed by atoms with Crippen molar-refractivity contribution in [3.05, 3.63) is 47.3 Å². The Kier molecular flexibility index (Phi) is 6.11. The van der Waals surface area contributed by atoms with E-state index in [-0.39, 0.29) is 0 Å². The van der Waals surface area contributed by atoms with Crippen LogP contribution in [0.4, 0.5) is 0 Å². The third-order valence-corrected chi connectivity index (χ3v) is 7.77.